The molecular formula is C30H29O6P. The van der Waals surface area contributed by atoms with Gasteiger partial charge in [0.15, 0.2) is 0 Å². The molecule has 0 aliphatic carbocycles. The number of aromatic hydroxyl groups is 2. The summed E-state index contributed by atoms with van der Waals surface area (Å²) in [6.45, 7) is 0. The predicted octanol–water partition coefficient (Wildman–Crippen LogP) is 6.88. The van der Waals surface area contributed by atoms with Gasteiger partial charge in [-0.15, -0.1) is 0 Å². The molecule has 0 aliphatic heterocycles. The smallest absolute Gasteiger partial charge is 0.466 e. The molecule has 5 aromatic rings. The van der Waals surface area contributed by atoms with E-state index in [1.165, 1.54) is 46.5 Å². The zero-order chi connectivity index (χ0) is 26.9. The van der Waals surface area contributed by atoms with Crippen molar-refractivity contribution in [3.8, 4) is 33.8 Å². The number of benzene rings is 5. The molecule has 0 saturated carbocycles. The average molecular weight is 517 g/mol. The van der Waals surface area contributed by atoms with Gasteiger partial charge >= 0.3 is 7.82 Å². The Kier molecular flexibility index (Phi) is 12.3. The number of phosphoric acid groups is 1. The average Bonchev–Trinajstić information content (AvgIpc) is 2.92. The van der Waals surface area contributed by atoms with Crippen molar-refractivity contribution in [1.29, 1.82) is 0 Å². The third-order valence-electron chi connectivity index (χ3n) is 4.61. The van der Waals surface area contributed by atoms with Crippen molar-refractivity contribution in [3.05, 3.63) is 146 Å². The fourth-order valence-electron chi connectivity index (χ4n) is 2.98. The molecule has 0 amide bonds. The van der Waals surface area contributed by atoms with Gasteiger partial charge in [0.25, 0.3) is 0 Å². The van der Waals surface area contributed by atoms with Crippen LogP contribution in [0.1, 0.15) is 0 Å². The molecule has 37 heavy (non-hydrogen) atoms. The van der Waals surface area contributed by atoms with Crippen LogP contribution in [0.2, 0.25) is 0 Å². The summed E-state index contributed by atoms with van der Waals surface area (Å²) in [4.78, 5) is 21.6. The number of hydrogen-bond acceptors (Lipinski definition) is 3. The molecule has 0 unspecified atom stereocenters. The lowest BCUT2D eigenvalue weighted by Crippen LogP contribution is -1.73. The highest BCUT2D eigenvalue weighted by Crippen LogP contribution is 2.25. The maximum Gasteiger partial charge on any atom is 0.466 e. The van der Waals surface area contributed by atoms with Crippen LogP contribution in [-0.4, -0.2) is 24.9 Å². The fraction of sp³-hybridized carbons (Fsp3) is 0. The molecule has 0 fully saturated rings. The fourth-order valence-corrected chi connectivity index (χ4v) is 2.98. The third kappa shape index (κ3) is 13.5. The second-order valence-corrected chi connectivity index (χ2v) is 8.52. The first-order valence-corrected chi connectivity index (χ1v) is 12.8. The van der Waals surface area contributed by atoms with Gasteiger partial charge in [0.2, 0.25) is 0 Å². The maximum absolute atomic E-state index is 8.88. The molecule has 0 atom stereocenters. The molecule has 0 saturated heterocycles. The van der Waals surface area contributed by atoms with Crippen LogP contribution in [0.5, 0.6) is 11.5 Å². The standard InChI is InChI=1S/2C12H10.C6H6O2.H3O4P/c2*1-3-7-11(8-4-1)12-9-5-2-6-10-12;7-5-1-2-6(8)4-3-5;1-5(2,3)4/h2*1-10H;1-4,7-8H;(H3,1,2,3,4). The minimum Gasteiger partial charge on any atom is -0.508 e. The van der Waals surface area contributed by atoms with Crippen LogP contribution in [0, 0.1) is 0 Å². The summed E-state index contributed by atoms with van der Waals surface area (Å²) in [6.07, 6.45) is 0. The first-order valence-electron chi connectivity index (χ1n) is 11.2. The monoisotopic (exact) mass is 516 g/mol. The molecule has 0 aliphatic rings. The van der Waals surface area contributed by atoms with E-state index < -0.39 is 7.82 Å². The van der Waals surface area contributed by atoms with Gasteiger partial charge in [-0.3, -0.25) is 0 Å². The van der Waals surface area contributed by atoms with Gasteiger partial charge in [-0.1, -0.05) is 121 Å². The summed E-state index contributed by atoms with van der Waals surface area (Å²) in [5.41, 5.74) is 5.10. The van der Waals surface area contributed by atoms with Crippen LogP contribution in [0.25, 0.3) is 22.3 Å². The van der Waals surface area contributed by atoms with Crippen molar-refractivity contribution in [2.75, 3.05) is 0 Å². The second-order valence-electron chi connectivity index (χ2n) is 7.49. The molecular weight excluding hydrogens is 487 g/mol. The predicted molar refractivity (Wildman–Crippen MR) is 148 cm³/mol. The van der Waals surface area contributed by atoms with Crippen LogP contribution < -0.4 is 0 Å². The minimum atomic E-state index is -4.64. The second kappa shape index (κ2) is 15.7. The van der Waals surface area contributed by atoms with Crippen molar-refractivity contribution < 1.29 is 29.5 Å². The molecule has 0 heterocycles. The number of rotatable bonds is 2. The lowest BCUT2D eigenvalue weighted by molar-refractivity contribution is 0.275. The van der Waals surface area contributed by atoms with Gasteiger partial charge in [-0.25, -0.2) is 4.57 Å². The highest BCUT2D eigenvalue weighted by atomic mass is 31.2. The van der Waals surface area contributed by atoms with Gasteiger partial charge in [-0.05, 0) is 46.5 Å². The Morgan fingerprint density at radius 1 is 0.351 bits per heavy atom. The van der Waals surface area contributed by atoms with E-state index in [0.29, 0.717) is 0 Å². The molecule has 190 valence electrons. The summed E-state index contributed by atoms with van der Waals surface area (Å²) in [7, 11) is -4.64. The minimum absolute atomic E-state index is 0.169. The Morgan fingerprint density at radius 2 is 0.514 bits per heavy atom. The van der Waals surface area contributed by atoms with E-state index >= 15 is 0 Å². The van der Waals surface area contributed by atoms with Crippen molar-refractivity contribution in [1.82, 2.24) is 0 Å². The number of phenols is 2. The Morgan fingerprint density at radius 3 is 0.676 bits per heavy atom. The molecule has 0 aromatic heterocycles. The zero-order valence-electron chi connectivity index (χ0n) is 19.9. The van der Waals surface area contributed by atoms with Crippen molar-refractivity contribution in [2.24, 2.45) is 0 Å². The molecule has 0 bridgehead atoms. The molecule has 5 N–H and O–H groups in total. The largest absolute Gasteiger partial charge is 0.508 e. The third-order valence-corrected chi connectivity index (χ3v) is 4.61. The van der Waals surface area contributed by atoms with Crippen molar-refractivity contribution in [3.63, 3.8) is 0 Å². The first kappa shape index (κ1) is 29.0. The first-order chi connectivity index (χ1) is 17.7. The van der Waals surface area contributed by atoms with Crippen molar-refractivity contribution >= 4 is 7.82 Å². The lowest BCUT2D eigenvalue weighted by atomic mass is 10.1. The van der Waals surface area contributed by atoms with E-state index in [1.54, 1.807) is 0 Å². The maximum atomic E-state index is 8.88. The number of phenolic OH excluding ortho intramolecular Hbond substituents is 2. The van der Waals surface area contributed by atoms with E-state index in [2.05, 4.69) is 97.1 Å². The van der Waals surface area contributed by atoms with Gasteiger partial charge in [0, 0.05) is 0 Å². The van der Waals surface area contributed by atoms with Crippen molar-refractivity contribution in [2.45, 2.75) is 0 Å². The summed E-state index contributed by atoms with van der Waals surface area (Å²) in [5.74, 6) is 0.339. The van der Waals surface area contributed by atoms with Gasteiger partial charge in [-0.2, -0.15) is 0 Å². The Balaban J connectivity index is 0.000000183. The van der Waals surface area contributed by atoms with Gasteiger partial charge in [0.1, 0.15) is 11.5 Å². The van der Waals surface area contributed by atoms with Crippen LogP contribution in [-0.2, 0) is 4.57 Å². The van der Waals surface area contributed by atoms with E-state index in [-0.39, 0.29) is 11.5 Å². The number of hydrogen-bond donors (Lipinski definition) is 5. The molecule has 5 rings (SSSR count). The van der Waals surface area contributed by atoms with E-state index in [9.17, 15) is 0 Å². The van der Waals surface area contributed by atoms with Gasteiger partial charge < -0.3 is 24.9 Å². The van der Waals surface area contributed by atoms with E-state index in [4.69, 9.17) is 29.5 Å². The highest BCUT2D eigenvalue weighted by Gasteiger charge is 2.00. The topological polar surface area (TPSA) is 118 Å². The van der Waals surface area contributed by atoms with Gasteiger partial charge in [0.05, 0.1) is 0 Å². The van der Waals surface area contributed by atoms with Crippen LogP contribution in [0.4, 0.5) is 0 Å². The molecule has 6 nitrogen and oxygen atoms in total. The molecule has 7 heteroatoms. The Bertz CT molecular complexity index is 1130. The molecule has 5 aromatic carbocycles. The van der Waals surface area contributed by atoms with Crippen LogP contribution in [0.15, 0.2) is 146 Å². The summed E-state index contributed by atoms with van der Waals surface area (Å²) < 4.78 is 8.88. The Labute approximate surface area is 216 Å². The molecule has 0 radical (unpaired) electrons. The molecule has 0 spiro atoms. The van der Waals surface area contributed by atoms with E-state index in [1.807, 2.05) is 24.3 Å². The zero-order valence-corrected chi connectivity index (χ0v) is 20.8. The SMILES string of the molecule is O=P(O)(O)O.Oc1ccc(O)cc1.c1ccc(-c2ccccc2)cc1.c1ccc(-c2ccccc2)cc1. The highest BCUT2D eigenvalue weighted by molar-refractivity contribution is 7.45. The van der Waals surface area contributed by atoms with Crippen LogP contribution in [0.3, 0.4) is 0 Å². The summed E-state index contributed by atoms with van der Waals surface area (Å²) >= 11 is 0. The van der Waals surface area contributed by atoms with Crippen LogP contribution >= 0.6 is 7.82 Å². The van der Waals surface area contributed by atoms with E-state index in [0.717, 1.165) is 0 Å². The Hall–Kier alpha value is -4.19. The summed E-state index contributed by atoms with van der Waals surface area (Å²) in [6, 6.07) is 47.3. The summed E-state index contributed by atoms with van der Waals surface area (Å²) in [5, 5.41) is 17.3. The quantitative estimate of drug-likeness (QED) is 0.129. The normalized spacial score (nSPS) is 9.81. The lowest BCUT2D eigenvalue weighted by Gasteiger charge is -1.98.